The van der Waals surface area contributed by atoms with Crippen LogP contribution >= 0.6 is 0 Å². The highest BCUT2D eigenvalue weighted by Gasteiger charge is 2.33. The summed E-state index contributed by atoms with van der Waals surface area (Å²) in [6.45, 7) is 3.13. The largest absolute Gasteiger partial charge is 0.383 e. The molecule has 0 fully saturated rings. The van der Waals surface area contributed by atoms with Gasteiger partial charge in [-0.2, -0.15) is 0 Å². The van der Waals surface area contributed by atoms with Gasteiger partial charge in [0.25, 0.3) is 5.91 Å². The maximum Gasteiger partial charge on any atom is 0.275 e. The molecule has 24 heavy (non-hydrogen) atoms. The van der Waals surface area contributed by atoms with Gasteiger partial charge in [0.2, 0.25) is 0 Å². The number of carbonyl (C=O) groups excluding carboxylic acids is 1. The Morgan fingerprint density at radius 3 is 2.92 bits per heavy atom. The number of fused-ring (bicyclic) bond motifs is 1. The second-order valence-electron chi connectivity index (χ2n) is 6.04. The lowest BCUT2D eigenvalue weighted by Gasteiger charge is -2.33. The summed E-state index contributed by atoms with van der Waals surface area (Å²) in [5, 5.41) is 2.88. The first-order chi connectivity index (χ1) is 11.7. The predicted octanol–water partition coefficient (Wildman–Crippen LogP) is 0.378. The number of hydrogen-bond donors (Lipinski definition) is 2. The highest BCUT2D eigenvalue weighted by molar-refractivity contribution is 5.76. The number of aromatic nitrogens is 1. The summed E-state index contributed by atoms with van der Waals surface area (Å²) in [7, 11) is 1.61. The number of methoxy groups -OCH3 is 1. The van der Waals surface area contributed by atoms with E-state index in [2.05, 4.69) is 22.1 Å². The first kappa shape index (κ1) is 16.7. The molecule has 0 radical (unpaired) electrons. The van der Waals surface area contributed by atoms with Crippen molar-refractivity contribution in [3.63, 3.8) is 0 Å². The van der Waals surface area contributed by atoms with Crippen LogP contribution < -0.4 is 10.2 Å². The number of ether oxygens (including phenoxy) is 1. The summed E-state index contributed by atoms with van der Waals surface area (Å²) in [4.78, 5) is 13.4. The average molecular weight is 332 g/mol. The maximum atomic E-state index is 13.3. The molecule has 1 aromatic heterocycles. The minimum Gasteiger partial charge on any atom is -0.383 e. The number of amides is 1. The zero-order valence-corrected chi connectivity index (χ0v) is 13.8. The third-order valence-electron chi connectivity index (χ3n) is 4.46. The average Bonchev–Trinajstić information content (AvgIpc) is 3.04. The van der Waals surface area contributed by atoms with E-state index in [1.807, 2.05) is 18.2 Å². The Morgan fingerprint density at radius 1 is 1.38 bits per heavy atom. The van der Waals surface area contributed by atoms with E-state index in [1.165, 1.54) is 17.0 Å². The number of benzene rings is 1. The number of nitrogens with one attached hydrogen (secondary N) is 2. The molecule has 6 heteroatoms. The molecule has 2 N–H and O–H groups in total. The number of carbonyl (C=O) groups is 1. The van der Waals surface area contributed by atoms with Crippen molar-refractivity contribution in [2.45, 2.75) is 12.6 Å². The molecule has 1 aromatic carbocycles. The van der Waals surface area contributed by atoms with E-state index in [9.17, 15) is 9.18 Å². The molecule has 128 valence electrons. The number of halogens is 1. The van der Waals surface area contributed by atoms with Crippen molar-refractivity contribution in [3.05, 3.63) is 59.7 Å². The monoisotopic (exact) mass is 332 g/mol. The minimum atomic E-state index is -0.246. The van der Waals surface area contributed by atoms with E-state index in [-0.39, 0.29) is 17.8 Å². The van der Waals surface area contributed by atoms with Gasteiger partial charge >= 0.3 is 0 Å². The first-order valence-electron chi connectivity index (χ1n) is 8.20. The smallest absolute Gasteiger partial charge is 0.275 e. The molecule has 0 saturated heterocycles. The van der Waals surface area contributed by atoms with Crippen molar-refractivity contribution in [3.8, 4) is 0 Å². The lowest BCUT2D eigenvalue weighted by Crippen LogP contribution is -3.14. The molecule has 2 heterocycles. The van der Waals surface area contributed by atoms with Gasteiger partial charge < -0.3 is 19.5 Å². The number of hydrogen-bond acceptors (Lipinski definition) is 2. The van der Waals surface area contributed by atoms with Crippen molar-refractivity contribution in [2.24, 2.45) is 0 Å². The highest BCUT2D eigenvalue weighted by Crippen LogP contribution is 2.22. The van der Waals surface area contributed by atoms with Gasteiger partial charge in [-0.05, 0) is 36.4 Å². The lowest BCUT2D eigenvalue weighted by atomic mass is 10.00. The van der Waals surface area contributed by atoms with E-state index >= 15 is 0 Å². The molecule has 2 atom stereocenters. The number of rotatable bonds is 6. The third kappa shape index (κ3) is 3.66. The van der Waals surface area contributed by atoms with Crippen LogP contribution in [0.2, 0.25) is 0 Å². The van der Waals surface area contributed by atoms with Crippen molar-refractivity contribution in [1.82, 2.24) is 9.88 Å². The lowest BCUT2D eigenvalue weighted by molar-refractivity contribution is -0.922. The van der Waals surface area contributed by atoms with E-state index in [1.54, 1.807) is 7.11 Å². The number of quaternary nitrogens is 1. The molecule has 0 bridgehead atoms. The van der Waals surface area contributed by atoms with Gasteiger partial charge in [0.1, 0.15) is 5.82 Å². The Bertz CT molecular complexity index is 684. The Hall–Kier alpha value is -2.18. The third-order valence-corrected chi connectivity index (χ3v) is 4.46. The molecule has 1 aliphatic heterocycles. The maximum absolute atomic E-state index is 13.3. The molecule has 1 aliphatic rings. The Balaban J connectivity index is 1.80. The summed E-state index contributed by atoms with van der Waals surface area (Å²) in [6.07, 6.45) is 2.06. The van der Waals surface area contributed by atoms with Gasteiger partial charge in [0.15, 0.2) is 12.6 Å². The van der Waals surface area contributed by atoms with Crippen LogP contribution in [0.5, 0.6) is 0 Å². The van der Waals surface area contributed by atoms with Crippen molar-refractivity contribution in [2.75, 3.05) is 33.4 Å². The molecule has 0 spiro atoms. The fourth-order valence-electron chi connectivity index (χ4n) is 3.32. The van der Waals surface area contributed by atoms with Gasteiger partial charge in [0.05, 0.1) is 25.4 Å². The second-order valence-corrected chi connectivity index (χ2v) is 6.04. The van der Waals surface area contributed by atoms with E-state index in [4.69, 9.17) is 4.74 Å². The van der Waals surface area contributed by atoms with Gasteiger partial charge in [-0.15, -0.1) is 0 Å². The second kappa shape index (κ2) is 7.59. The van der Waals surface area contributed by atoms with Crippen molar-refractivity contribution < 1.29 is 18.8 Å². The first-order valence-corrected chi connectivity index (χ1v) is 8.20. The van der Waals surface area contributed by atoms with Gasteiger partial charge in [-0.1, -0.05) is 0 Å². The summed E-state index contributed by atoms with van der Waals surface area (Å²) in [6, 6.07) is 10.7. The highest BCUT2D eigenvalue weighted by atomic mass is 19.1. The molecule has 0 saturated carbocycles. The zero-order valence-electron chi connectivity index (χ0n) is 13.8. The minimum absolute atomic E-state index is 0.00849. The normalized spacial score (nSPS) is 19.8. The van der Waals surface area contributed by atoms with Gasteiger partial charge in [-0.3, -0.25) is 4.79 Å². The van der Waals surface area contributed by atoms with Crippen LogP contribution in [0.4, 0.5) is 4.39 Å². The Kier molecular flexibility index (Phi) is 5.27. The quantitative estimate of drug-likeness (QED) is 0.752. The fraction of sp³-hybridized carbons (Fsp3) is 0.389. The molecular formula is C18H23FN3O2+. The Morgan fingerprint density at radius 2 is 2.17 bits per heavy atom. The fourth-order valence-corrected chi connectivity index (χ4v) is 3.32. The molecule has 1 amide bonds. The molecule has 2 aromatic rings. The summed E-state index contributed by atoms with van der Waals surface area (Å²) in [5.41, 5.74) is 2.18. The molecule has 5 nitrogen and oxygen atoms in total. The standard InChI is InChI=1S/C18H22FN3O2/c1-24-12-8-20-17(23)13-22-11-10-21-9-2-3-16(21)18(22)14-4-6-15(19)7-5-14/h2-7,9,18H,8,10-13H2,1H3,(H,20,23)/p+1/t18-/m1/s1. The van der Waals surface area contributed by atoms with Crippen LogP contribution in [-0.2, 0) is 16.1 Å². The topological polar surface area (TPSA) is 47.7 Å². The zero-order chi connectivity index (χ0) is 16.9. The van der Waals surface area contributed by atoms with Crippen LogP contribution in [0.3, 0.4) is 0 Å². The van der Waals surface area contributed by atoms with E-state index in [0.29, 0.717) is 19.7 Å². The van der Waals surface area contributed by atoms with E-state index < -0.39 is 0 Å². The summed E-state index contributed by atoms with van der Waals surface area (Å²) in [5.74, 6) is -0.238. The summed E-state index contributed by atoms with van der Waals surface area (Å²) < 4.78 is 20.5. The van der Waals surface area contributed by atoms with Gasteiger partial charge in [0, 0.05) is 25.4 Å². The molecule has 0 aliphatic carbocycles. The van der Waals surface area contributed by atoms with Crippen LogP contribution in [-0.4, -0.2) is 43.8 Å². The van der Waals surface area contributed by atoms with Crippen LogP contribution in [0.15, 0.2) is 42.6 Å². The number of nitrogens with zero attached hydrogens (tertiary/aromatic N) is 1. The van der Waals surface area contributed by atoms with Crippen molar-refractivity contribution in [1.29, 1.82) is 0 Å². The molecule has 3 rings (SSSR count). The van der Waals surface area contributed by atoms with E-state index in [0.717, 1.165) is 24.3 Å². The predicted molar refractivity (Wildman–Crippen MR) is 88.3 cm³/mol. The van der Waals surface area contributed by atoms with Gasteiger partial charge in [-0.25, -0.2) is 4.39 Å². The summed E-state index contributed by atoms with van der Waals surface area (Å²) >= 11 is 0. The van der Waals surface area contributed by atoms with Crippen LogP contribution in [0, 0.1) is 5.82 Å². The molecular weight excluding hydrogens is 309 g/mol. The Labute approximate surface area is 141 Å². The van der Waals surface area contributed by atoms with Crippen LogP contribution in [0.1, 0.15) is 17.3 Å². The van der Waals surface area contributed by atoms with Crippen molar-refractivity contribution >= 4 is 5.91 Å². The SMILES string of the molecule is COCCNC(=O)C[NH+]1CCn2cccc2[C@H]1c1ccc(F)cc1. The van der Waals surface area contributed by atoms with Crippen LogP contribution in [0.25, 0.3) is 0 Å². The molecule has 1 unspecified atom stereocenters.